The Balaban J connectivity index is 1.34. The van der Waals surface area contributed by atoms with Crippen LogP contribution in [0.1, 0.15) is 99.5 Å². The Labute approximate surface area is 335 Å². The molecule has 2 aliphatic heterocycles. The molecule has 2 heterocycles. The molecule has 13 heteroatoms. The van der Waals surface area contributed by atoms with Gasteiger partial charge in [-0.2, -0.15) is 0 Å². The van der Waals surface area contributed by atoms with Crippen LogP contribution in [-0.2, 0) is 32.0 Å². The van der Waals surface area contributed by atoms with Gasteiger partial charge in [0, 0.05) is 45.9 Å². The van der Waals surface area contributed by atoms with E-state index in [0.29, 0.717) is 24.0 Å². The molecule has 0 saturated heterocycles. The van der Waals surface area contributed by atoms with E-state index in [1.807, 2.05) is 0 Å². The molecule has 0 spiro atoms. The van der Waals surface area contributed by atoms with Gasteiger partial charge in [0.25, 0.3) is 23.6 Å². The van der Waals surface area contributed by atoms with Crippen molar-refractivity contribution in [2.45, 2.75) is 77.9 Å². The topological polar surface area (TPSA) is 196 Å². The number of nitrogens with one attached hydrogen (secondary N) is 1. The van der Waals surface area contributed by atoms with Crippen LogP contribution in [0.3, 0.4) is 0 Å². The first-order valence-corrected chi connectivity index (χ1v) is 19.4. The number of nitrogens with zero attached hydrogens (tertiary/aromatic N) is 2. The molecule has 0 aromatic heterocycles. The van der Waals surface area contributed by atoms with Crippen LogP contribution in [0.2, 0.25) is 0 Å². The molecule has 0 fully saturated rings. The van der Waals surface area contributed by atoms with Crippen LogP contribution in [-0.4, -0.2) is 85.4 Å². The Bertz CT molecular complexity index is 2090. The van der Waals surface area contributed by atoms with E-state index in [9.17, 15) is 48.6 Å². The van der Waals surface area contributed by atoms with Crippen LogP contribution in [0.4, 0.5) is 0 Å². The van der Waals surface area contributed by atoms with Crippen LogP contribution in [0.5, 0.6) is 0 Å². The summed E-state index contributed by atoms with van der Waals surface area (Å²) in [6.45, 7) is 6.95. The lowest BCUT2D eigenvalue weighted by Crippen LogP contribution is -2.59. The van der Waals surface area contributed by atoms with Crippen molar-refractivity contribution in [1.29, 1.82) is 0 Å². The first-order chi connectivity index (χ1) is 27.7. The monoisotopic (exact) mass is 787 g/mol. The summed E-state index contributed by atoms with van der Waals surface area (Å²) in [4.78, 5) is 112. The minimum absolute atomic E-state index is 0.0224. The smallest absolute Gasteiger partial charge is 0.326 e. The molecule has 6 atom stereocenters. The highest BCUT2D eigenvalue weighted by atomic mass is 16.4. The van der Waals surface area contributed by atoms with Crippen LogP contribution in [0.25, 0.3) is 10.8 Å². The second-order valence-electron chi connectivity index (χ2n) is 15.2. The number of carbonyl (C=O) groups is 8. The van der Waals surface area contributed by atoms with Gasteiger partial charge in [0.05, 0.1) is 5.92 Å². The highest BCUT2D eigenvalue weighted by molar-refractivity contribution is 6.34. The van der Waals surface area contributed by atoms with E-state index in [2.05, 4.69) is 5.32 Å². The maximum Gasteiger partial charge on any atom is 0.326 e. The molecule has 0 saturated carbocycles. The zero-order chi connectivity index (χ0) is 42.0. The normalized spacial score (nSPS) is 16.7. The van der Waals surface area contributed by atoms with Gasteiger partial charge in [-0.05, 0) is 53.6 Å². The largest absolute Gasteiger partial charge is 0.481 e. The Hall–Kier alpha value is -6.50. The predicted octanol–water partition coefficient (Wildman–Crippen LogP) is 5.58. The molecular formula is C45H45N3O10. The third-order valence-electron chi connectivity index (χ3n) is 11.5. The fourth-order valence-corrected chi connectivity index (χ4v) is 8.03. The van der Waals surface area contributed by atoms with Crippen molar-refractivity contribution in [1.82, 2.24) is 15.1 Å². The third kappa shape index (κ3) is 7.63. The van der Waals surface area contributed by atoms with Crippen molar-refractivity contribution in [3.8, 4) is 0 Å². The lowest BCUT2D eigenvalue weighted by atomic mass is 9.82. The first kappa shape index (κ1) is 41.1. The van der Waals surface area contributed by atoms with E-state index in [0.717, 1.165) is 9.80 Å². The van der Waals surface area contributed by atoms with Crippen molar-refractivity contribution in [2.24, 2.45) is 17.8 Å². The number of rotatable bonds is 17. The van der Waals surface area contributed by atoms with E-state index in [4.69, 9.17) is 0 Å². The van der Waals surface area contributed by atoms with Crippen molar-refractivity contribution in [2.75, 3.05) is 0 Å². The average molecular weight is 788 g/mol. The van der Waals surface area contributed by atoms with E-state index >= 15 is 0 Å². The molecular weight excluding hydrogens is 743 g/mol. The standard InChI is InChI=1S/C45H45N3O10/c1-5-24(3)37(34(49)23-28(44(55)56)21-26-13-9-7-10-14-26)47-40(51)29-17-19-31-36-32(20-18-30(35(29)36)41(47)52)43(54)48(42(31)53)38(25(4)6-2)39(50)46-33(45(57)58)22-27-15-11-8-12-16-27/h7-20,24-25,28,33,37-38H,5-6,21-23H2,1-4H3,(H,46,50)(H,55,56)(H,57,58). The van der Waals surface area contributed by atoms with Crippen molar-refractivity contribution in [3.05, 3.63) is 118 Å². The number of aliphatic carboxylic acids is 2. The Morgan fingerprint density at radius 3 is 1.36 bits per heavy atom. The molecule has 2 aliphatic rings. The lowest BCUT2D eigenvalue weighted by Gasteiger charge is -2.39. The quantitative estimate of drug-likeness (QED) is 0.114. The second kappa shape index (κ2) is 16.9. The number of carbonyl (C=O) groups excluding carboxylic acids is 6. The third-order valence-corrected chi connectivity index (χ3v) is 11.5. The van der Waals surface area contributed by atoms with E-state index < -0.39 is 89.6 Å². The summed E-state index contributed by atoms with van der Waals surface area (Å²) in [5.74, 6) is -9.53. The minimum atomic E-state index is -1.41. The number of hydrogen-bond donors (Lipinski definition) is 3. The molecule has 0 radical (unpaired) electrons. The number of carboxylic acids is 2. The van der Waals surface area contributed by atoms with Gasteiger partial charge in [-0.3, -0.25) is 43.4 Å². The molecule has 5 amide bonds. The van der Waals surface area contributed by atoms with Crippen molar-refractivity contribution >= 4 is 58.0 Å². The van der Waals surface area contributed by atoms with Crippen molar-refractivity contribution < 1.29 is 48.6 Å². The van der Waals surface area contributed by atoms with Crippen LogP contribution in [0, 0.1) is 17.8 Å². The van der Waals surface area contributed by atoms with Gasteiger partial charge in [-0.25, -0.2) is 4.79 Å². The number of carboxylic acid groups (broad SMARTS) is 2. The van der Waals surface area contributed by atoms with E-state index in [1.54, 1.807) is 88.4 Å². The van der Waals surface area contributed by atoms with Gasteiger partial charge in [0.1, 0.15) is 18.1 Å². The SMILES string of the molecule is CCC(C)C(C(=O)CC(Cc1ccccc1)C(=O)O)N1C(=O)c2ccc3c4c(ccc(c24)C1=O)C(=O)N(C(C(=O)NC(Cc1ccccc1)C(=O)O)C(C)CC)C3=O. The maximum absolute atomic E-state index is 14.4. The van der Waals surface area contributed by atoms with Crippen LogP contribution < -0.4 is 5.32 Å². The number of benzene rings is 4. The molecule has 6 rings (SSSR count). The zero-order valence-electron chi connectivity index (χ0n) is 32.6. The lowest BCUT2D eigenvalue weighted by molar-refractivity contribution is -0.144. The van der Waals surface area contributed by atoms with Gasteiger partial charge in [-0.15, -0.1) is 0 Å². The molecule has 3 N–H and O–H groups in total. The van der Waals surface area contributed by atoms with Crippen molar-refractivity contribution in [3.63, 3.8) is 0 Å². The van der Waals surface area contributed by atoms with Gasteiger partial charge in [-0.1, -0.05) is 101 Å². The fraction of sp³-hybridized carbons (Fsp3) is 0.333. The summed E-state index contributed by atoms with van der Waals surface area (Å²) in [6.07, 6.45) is 0.325. The number of hydrogen-bond acceptors (Lipinski definition) is 8. The maximum atomic E-state index is 14.4. The number of ketones is 1. The summed E-state index contributed by atoms with van der Waals surface area (Å²) in [7, 11) is 0. The van der Waals surface area contributed by atoms with Gasteiger partial charge >= 0.3 is 11.9 Å². The molecule has 4 aromatic carbocycles. The molecule has 13 nitrogen and oxygen atoms in total. The summed E-state index contributed by atoms with van der Waals surface area (Å²) >= 11 is 0. The summed E-state index contributed by atoms with van der Waals surface area (Å²) in [6, 6.07) is 18.9. The number of amides is 5. The number of imide groups is 2. The number of Topliss-reactive ketones (excluding diaryl/α,β-unsaturated/α-hetero) is 1. The molecule has 4 aromatic rings. The average Bonchev–Trinajstić information content (AvgIpc) is 3.21. The highest BCUT2D eigenvalue weighted by Gasteiger charge is 2.48. The molecule has 0 aliphatic carbocycles. The molecule has 6 unspecified atom stereocenters. The fourth-order valence-electron chi connectivity index (χ4n) is 8.03. The first-order valence-electron chi connectivity index (χ1n) is 19.4. The zero-order valence-corrected chi connectivity index (χ0v) is 32.6. The predicted molar refractivity (Wildman–Crippen MR) is 212 cm³/mol. The van der Waals surface area contributed by atoms with Crippen LogP contribution in [0.15, 0.2) is 84.9 Å². The molecule has 300 valence electrons. The van der Waals surface area contributed by atoms with Gasteiger partial charge in [0.2, 0.25) is 5.91 Å². The van der Waals surface area contributed by atoms with Gasteiger partial charge in [0.15, 0.2) is 5.78 Å². The Morgan fingerprint density at radius 1 is 0.569 bits per heavy atom. The Morgan fingerprint density at radius 2 is 0.966 bits per heavy atom. The van der Waals surface area contributed by atoms with Gasteiger partial charge < -0.3 is 15.5 Å². The minimum Gasteiger partial charge on any atom is -0.481 e. The molecule has 58 heavy (non-hydrogen) atoms. The summed E-state index contributed by atoms with van der Waals surface area (Å²) in [5, 5.41) is 22.7. The summed E-state index contributed by atoms with van der Waals surface area (Å²) in [5.41, 5.74) is 1.25. The Kier molecular flexibility index (Phi) is 12.0. The van der Waals surface area contributed by atoms with E-state index in [-0.39, 0.29) is 45.9 Å². The van der Waals surface area contributed by atoms with E-state index in [1.165, 1.54) is 24.3 Å². The second-order valence-corrected chi connectivity index (χ2v) is 15.2. The highest BCUT2D eigenvalue weighted by Crippen LogP contribution is 2.40. The summed E-state index contributed by atoms with van der Waals surface area (Å²) < 4.78 is 0. The van der Waals surface area contributed by atoms with Crippen LogP contribution >= 0.6 is 0 Å². The molecule has 0 bridgehead atoms.